The molecule has 0 saturated carbocycles. The first-order chi connectivity index (χ1) is 72.4. The van der Waals surface area contributed by atoms with E-state index in [9.17, 15) is 66.4 Å². The van der Waals surface area contributed by atoms with Gasteiger partial charge in [0.05, 0.1) is 51.7 Å². The number of carboxylic acid groups (broad SMARTS) is 2. The first kappa shape index (κ1) is 98.6. The largest absolute Gasteiger partial charge is 0.507 e. The number of ether oxygens (including phenoxy) is 1. The Kier molecular flexibility index (Phi) is 26.8. The molecular formula is C128H104F6N6O10. The zero-order valence-electron chi connectivity index (χ0n) is 83.2. The molecule has 5 aliphatic carbocycles. The number of pyridine rings is 1. The number of aromatic hydroxyl groups is 2. The molecule has 6 heterocycles. The standard InChI is InChI=1S/C30H22FNO.C26H24N2O2.C24H16F3NO3.C24H18FNO3.C24H24FNO/c1-18(33)15-19-7-12-25-23(16-19)17-27-26-14-13-24(28(31)30(26)32-29(25)27)22-10-8-21(9-11-22)20-5-3-2-4-6-20;1-3-10-30-25-9-6-19(15-27-25)18-5-8-22-23-13-20-12-17(11-16(2)29)4-7-21(20)26(23)28-24(22)14-18;25-24(26,27)15-3-1-2-12(8-15)13-4-6-16-17-7-5-14-9-19(23(30)31)21(29)11-18(14)22(17)28-20(16)10-13;1-12-2-3-13(9-20(12)25)14-4-6-16-17-7-5-15-8-19(24(28)29)22(27)11-18(15)23(17)26-21(16)10-14;1-3-4-5-6-7-17-9-11-20-21-14-18-13-16(12-15(2)27)8-10-19(18)23(21)26-24(20)22(17)25/h2-14,16,32H,15,17H2,1H3;4-9,12,14-15,28H,3,10-11,13H2,1-2H3;1-4,6,8-11,28-29H,5,7H2,(H,30,31);2-4,6,8-11,26-27H,5,7H2,1H3,(H,28,29);6-11,13,26H,3-5,12,14H2,1-2H3/b;;;;7-6-. The van der Waals surface area contributed by atoms with Gasteiger partial charge in [-0.2, -0.15) is 13.2 Å². The Morgan fingerprint density at radius 2 is 0.807 bits per heavy atom. The number of benzene rings is 14. The van der Waals surface area contributed by atoms with Gasteiger partial charge in [0, 0.05) is 139 Å². The van der Waals surface area contributed by atoms with Crippen LogP contribution in [0.15, 0.2) is 279 Å². The second-order valence-corrected chi connectivity index (χ2v) is 39.5. The van der Waals surface area contributed by atoms with Gasteiger partial charge >= 0.3 is 18.1 Å². The number of nitrogens with one attached hydrogen (secondary N) is 5. The van der Waals surface area contributed by atoms with Crippen molar-refractivity contribution in [3.05, 3.63) is 397 Å². The van der Waals surface area contributed by atoms with Crippen LogP contribution in [-0.4, -0.2) is 86.2 Å². The summed E-state index contributed by atoms with van der Waals surface area (Å²) in [6.45, 7) is 11.5. The lowest BCUT2D eigenvalue weighted by Gasteiger charge is -2.18. The minimum absolute atomic E-state index is 0.0769. The topological polar surface area (TPSA) is 267 Å². The fourth-order valence-corrected chi connectivity index (χ4v) is 21.8. The van der Waals surface area contributed by atoms with Crippen LogP contribution in [0.3, 0.4) is 0 Å². The Hall–Kier alpha value is -17.4. The van der Waals surface area contributed by atoms with Crippen LogP contribution < -0.4 is 4.74 Å². The summed E-state index contributed by atoms with van der Waals surface area (Å²) < 4.78 is 89.4. The van der Waals surface area contributed by atoms with Crippen molar-refractivity contribution in [3.8, 4) is 129 Å². The average Bonchev–Trinajstić information content (AvgIpc) is 1.58. The maximum Gasteiger partial charge on any atom is 0.416 e. The molecule has 5 aliphatic rings. The highest BCUT2D eigenvalue weighted by atomic mass is 19.4. The average molecular weight is 2000 g/mol. The zero-order chi connectivity index (χ0) is 104. The molecule has 25 rings (SSSR count). The van der Waals surface area contributed by atoms with Gasteiger partial charge in [-0.1, -0.05) is 233 Å². The molecule has 0 amide bonds. The molecule has 0 saturated heterocycles. The summed E-state index contributed by atoms with van der Waals surface area (Å²) in [5.74, 6) is -2.30. The van der Waals surface area contributed by atoms with Crippen molar-refractivity contribution >= 4 is 89.9 Å². The number of hydrogen-bond acceptors (Lipinski definition) is 9. The van der Waals surface area contributed by atoms with Crippen molar-refractivity contribution in [2.45, 2.75) is 138 Å². The lowest BCUT2D eigenvalue weighted by atomic mass is 9.87. The number of aromatic carboxylic acids is 2. The maximum absolute atomic E-state index is 15.6. The number of aryl methyl sites for hydroxylation is 5. The van der Waals surface area contributed by atoms with Gasteiger partial charge in [0.2, 0.25) is 5.88 Å². The van der Waals surface area contributed by atoms with Gasteiger partial charge in [-0.15, -0.1) is 0 Å². The van der Waals surface area contributed by atoms with E-state index < -0.39 is 23.7 Å². The van der Waals surface area contributed by atoms with Gasteiger partial charge in [-0.25, -0.2) is 27.7 Å². The minimum Gasteiger partial charge on any atom is -0.507 e. The normalized spacial score (nSPS) is 12.5. The van der Waals surface area contributed by atoms with E-state index in [-0.39, 0.29) is 57.4 Å². The van der Waals surface area contributed by atoms with Crippen LogP contribution in [0, 0.1) is 24.4 Å². The minimum atomic E-state index is -4.41. The Morgan fingerprint density at radius 1 is 0.387 bits per heavy atom. The molecule has 14 aromatic carbocycles. The highest BCUT2D eigenvalue weighted by Gasteiger charge is 2.34. The van der Waals surface area contributed by atoms with Gasteiger partial charge in [0.15, 0.2) is 11.6 Å². The quantitative estimate of drug-likeness (QED) is 0.0256. The van der Waals surface area contributed by atoms with Crippen molar-refractivity contribution in [3.63, 3.8) is 0 Å². The summed E-state index contributed by atoms with van der Waals surface area (Å²) >= 11 is 0. The number of alkyl halides is 3. The van der Waals surface area contributed by atoms with E-state index in [0.717, 1.165) is 236 Å². The number of H-pyrrole nitrogens is 5. The van der Waals surface area contributed by atoms with Crippen molar-refractivity contribution in [2.75, 3.05) is 6.61 Å². The smallest absolute Gasteiger partial charge is 0.416 e. The third kappa shape index (κ3) is 19.5. The zero-order valence-corrected chi connectivity index (χ0v) is 83.2. The number of carbonyl (C=O) groups excluding carboxylic acids is 3. The number of rotatable bonds is 20. The molecular weight excluding hydrogens is 1900 g/mol. The molecule has 0 atom stereocenters. The van der Waals surface area contributed by atoms with Crippen LogP contribution >= 0.6 is 0 Å². The molecule has 22 heteroatoms. The number of carboxylic acids is 2. The third-order valence-electron chi connectivity index (χ3n) is 29.2. The number of allylic oxidation sites excluding steroid dienone is 1. The molecule has 0 bridgehead atoms. The number of halogens is 6. The molecule has 0 fully saturated rings. The van der Waals surface area contributed by atoms with Crippen molar-refractivity contribution in [1.29, 1.82) is 0 Å². The number of ketones is 3. The second kappa shape index (κ2) is 40.8. The van der Waals surface area contributed by atoms with Crippen LogP contribution in [-0.2, 0) is 84.8 Å². The number of aromatic amines is 5. The highest BCUT2D eigenvalue weighted by Crippen LogP contribution is 2.50. The number of fused-ring (bicyclic) bond motifs is 25. The van der Waals surface area contributed by atoms with Crippen LogP contribution in [0.4, 0.5) is 26.3 Å². The van der Waals surface area contributed by atoms with Gasteiger partial charge in [0.25, 0.3) is 0 Å². The van der Waals surface area contributed by atoms with Gasteiger partial charge < -0.3 is 50.1 Å². The second-order valence-electron chi connectivity index (χ2n) is 39.5. The molecule has 0 aliphatic heterocycles. The number of aromatic nitrogens is 6. The van der Waals surface area contributed by atoms with Gasteiger partial charge in [0.1, 0.15) is 45.8 Å². The van der Waals surface area contributed by atoms with Crippen LogP contribution in [0.1, 0.15) is 170 Å². The SMILES string of the molecule is CC(=O)Cc1ccc2c(c1)Cc1c-2[nH]c2c(F)c(-c3ccc(-c4ccccc4)cc3)ccc12.CCCC/C=C\c1ccc2c3c([nH]c2c1F)-c1ccc(CC(C)=O)cc1C3.CCCOc1ccc(-c2ccc3c4c([nH]c3c2)-c2ccc(CC(C)=O)cc2C4)cn1.Cc1ccc(-c2ccc3c4c([nH]c3c2)-c2cc(O)c(C(=O)O)cc2CC4)cc1F.O=C(O)c1cc2c(cc1O)-c1[nH]c3cc(-c4cccc(C(F)(F)F)c4)ccc3c1CC2. The van der Waals surface area contributed by atoms with E-state index in [0.29, 0.717) is 89.9 Å². The molecule has 748 valence electrons. The van der Waals surface area contributed by atoms with Crippen molar-refractivity contribution in [1.82, 2.24) is 29.9 Å². The van der Waals surface area contributed by atoms with E-state index in [1.807, 2.05) is 134 Å². The van der Waals surface area contributed by atoms with E-state index in [1.165, 1.54) is 63.2 Å². The first-order valence-corrected chi connectivity index (χ1v) is 50.4. The lowest BCUT2D eigenvalue weighted by Crippen LogP contribution is -2.06. The Bertz CT molecular complexity index is 8900. The Balaban J connectivity index is 0.000000110. The molecule has 150 heavy (non-hydrogen) atoms. The van der Waals surface area contributed by atoms with Crippen molar-refractivity contribution < 1.29 is 75.5 Å². The van der Waals surface area contributed by atoms with E-state index >= 15 is 4.39 Å². The predicted octanol–water partition coefficient (Wildman–Crippen LogP) is 30.8. The van der Waals surface area contributed by atoms with E-state index in [4.69, 9.17) is 4.74 Å². The molecule has 0 spiro atoms. The number of hydrogen-bond donors (Lipinski definition) is 9. The van der Waals surface area contributed by atoms with Crippen LogP contribution in [0.2, 0.25) is 0 Å². The van der Waals surface area contributed by atoms with E-state index in [2.05, 4.69) is 129 Å². The van der Waals surface area contributed by atoms with E-state index in [1.54, 1.807) is 58.0 Å². The maximum atomic E-state index is 15.6. The Labute approximate surface area is 860 Å². The number of Topliss-reactive ketones (excluding diaryl/α,β-unsaturated/α-hetero) is 3. The molecule has 0 radical (unpaired) electrons. The molecule has 20 aromatic rings. The summed E-state index contributed by atoms with van der Waals surface area (Å²) in [4.78, 5) is 78.5. The van der Waals surface area contributed by atoms with Crippen molar-refractivity contribution in [2.24, 2.45) is 0 Å². The molecule has 0 unspecified atom stereocenters. The summed E-state index contributed by atoms with van der Waals surface area (Å²) in [6, 6.07) is 83.3. The first-order valence-electron chi connectivity index (χ1n) is 50.4. The fraction of sp³-hybridized carbons (Fsp3) is 0.172. The summed E-state index contributed by atoms with van der Waals surface area (Å²) in [7, 11) is 0. The lowest BCUT2D eigenvalue weighted by molar-refractivity contribution is -0.137. The van der Waals surface area contributed by atoms with Gasteiger partial charge in [-0.05, 0) is 255 Å². The summed E-state index contributed by atoms with van der Waals surface area (Å²) in [6.07, 6.45) is 12.3. The fourth-order valence-electron chi connectivity index (χ4n) is 21.8. The number of nitrogens with zero attached hydrogens (tertiary/aromatic N) is 1. The molecule has 16 nitrogen and oxygen atoms in total. The number of carbonyl (C=O) groups is 5. The number of phenols is 2. The van der Waals surface area contributed by atoms with Gasteiger partial charge in [-0.3, -0.25) is 14.4 Å². The van der Waals surface area contributed by atoms with Crippen LogP contribution in [0.5, 0.6) is 17.4 Å². The van der Waals surface area contributed by atoms with Crippen LogP contribution in [0.25, 0.3) is 173 Å². The Morgan fingerprint density at radius 3 is 1.29 bits per heavy atom. The summed E-state index contributed by atoms with van der Waals surface area (Å²) in [5.41, 5.74) is 37.4. The summed E-state index contributed by atoms with van der Waals surface area (Å²) in [5, 5.41) is 44.0. The molecule has 6 aromatic heterocycles. The number of unbranched alkanes of at least 4 members (excludes halogenated alkanes) is 2. The monoisotopic (exact) mass is 2000 g/mol. The third-order valence-corrected chi connectivity index (χ3v) is 29.2. The highest BCUT2D eigenvalue weighted by molar-refractivity contribution is 6.03. The predicted molar refractivity (Wildman–Crippen MR) is 581 cm³/mol. The molecule has 9 N–H and O–H groups in total.